The van der Waals surface area contributed by atoms with Gasteiger partial charge in [-0.25, -0.2) is 0 Å². The highest BCUT2D eigenvalue weighted by Crippen LogP contribution is 2.30. The molecule has 1 aliphatic carbocycles. The number of piperazine rings is 1. The van der Waals surface area contributed by atoms with Gasteiger partial charge in [0.2, 0.25) is 5.91 Å². The smallest absolute Gasteiger partial charge is 0.302 e. The van der Waals surface area contributed by atoms with Gasteiger partial charge in [0.15, 0.2) is 5.69 Å². The van der Waals surface area contributed by atoms with Crippen molar-refractivity contribution in [3.63, 3.8) is 0 Å². The Labute approximate surface area is 145 Å². The normalized spacial score (nSPS) is 17.4. The van der Waals surface area contributed by atoms with Gasteiger partial charge in [-0.05, 0) is 25.0 Å². The molecule has 1 saturated carbocycles. The summed E-state index contributed by atoms with van der Waals surface area (Å²) in [5.41, 5.74) is 1.40. The number of oxazole rings is 1. The van der Waals surface area contributed by atoms with Crippen LogP contribution in [-0.2, 0) is 4.79 Å². The summed E-state index contributed by atoms with van der Waals surface area (Å²) in [6.07, 6.45) is 3.13. The summed E-state index contributed by atoms with van der Waals surface area (Å²) in [7, 11) is 0. The van der Waals surface area contributed by atoms with E-state index in [1.807, 2.05) is 18.2 Å². The number of para-hydroxylation sites is 1. The van der Waals surface area contributed by atoms with Crippen LogP contribution in [0.4, 0.5) is 11.7 Å². The first-order chi connectivity index (χ1) is 12.2. The van der Waals surface area contributed by atoms with Gasteiger partial charge in [0.05, 0.1) is 0 Å². The van der Waals surface area contributed by atoms with Crippen LogP contribution in [0, 0.1) is 5.92 Å². The maximum absolute atomic E-state index is 12.6. The Hall–Kier alpha value is -2.83. The van der Waals surface area contributed by atoms with Crippen LogP contribution in [0.15, 0.2) is 41.0 Å². The maximum atomic E-state index is 12.6. The molecule has 25 heavy (non-hydrogen) atoms. The molecule has 0 spiro atoms. The largest absolute Gasteiger partial charge is 0.431 e. The highest BCUT2D eigenvalue weighted by molar-refractivity contribution is 5.94. The van der Waals surface area contributed by atoms with E-state index >= 15 is 0 Å². The minimum absolute atomic E-state index is 0.0668. The van der Waals surface area contributed by atoms with E-state index in [-0.39, 0.29) is 29.4 Å². The molecule has 0 radical (unpaired) electrons. The third kappa shape index (κ3) is 3.50. The number of hydrogen-bond donors (Lipinski definition) is 1. The van der Waals surface area contributed by atoms with E-state index < -0.39 is 0 Å². The zero-order valence-electron chi connectivity index (χ0n) is 13.9. The first-order valence-electron chi connectivity index (χ1n) is 8.56. The van der Waals surface area contributed by atoms with Crippen LogP contribution in [-0.4, -0.2) is 47.9 Å². The number of nitrogens with one attached hydrogen (secondary N) is 1. The van der Waals surface area contributed by atoms with Crippen LogP contribution in [0.5, 0.6) is 0 Å². The first kappa shape index (κ1) is 15.7. The second kappa shape index (κ2) is 6.58. The Morgan fingerprint density at radius 2 is 1.80 bits per heavy atom. The Morgan fingerprint density at radius 1 is 1.08 bits per heavy atom. The summed E-state index contributed by atoms with van der Waals surface area (Å²) in [6, 6.07) is 10.3. The fourth-order valence-corrected chi connectivity index (χ4v) is 2.95. The average Bonchev–Trinajstić information content (AvgIpc) is 3.42. The number of rotatable bonds is 4. The molecule has 2 aromatic rings. The number of hydrogen-bond acceptors (Lipinski definition) is 5. The lowest BCUT2D eigenvalue weighted by molar-refractivity contribution is -0.117. The van der Waals surface area contributed by atoms with Gasteiger partial charge in [0.1, 0.15) is 6.26 Å². The highest BCUT2D eigenvalue weighted by Gasteiger charge is 2.31. The van der Waals surface area contributed by atoms with E-state index in [2.05, 4.69) is 27.3 Å². The standard InChI is InChI=1S/C18H20N4O3/c23-16(13-6-7-13)20-18-19-15(12-25-18)17(24)22-10-8-21(9-11-22)14-4-2-1-3-5-14/h1-5,12-13H,6-11H2,(H,19,20,23). The molecule has 2 heterocycles. The molecule has 2 aliphatic rings. The van der Waals surface area contributed by atoms with Gasteiger partial charge in [-0.3, -0.25) is 14.9 Å². The molecule has 4 rings (SSSR count). The topological polar surface area (TPSA) is 78.7 Å². The fraction of sp³-hybridized carbons (Fsp3) is 0.389. The van der Waals surface area contributed by atoms with Crippen LogP contribution in [0.2, 0.25) is 0 Å². The Balaban J connectivity index is 1.34. The molecule has 1 aromatic heterocycles. The molecular weight excluding hydrogens is 320 g/mol. The van der Waals surface area contributed by atoms with Crippen molar-refractivity contribution in [3.8, 4) is 0 Å². The average molecular weight is 340 g/mol. The number of carbonyl (C=O) groups is 2. The minimum Gasteiger partial charge on any atom is -0.431 e. The lowest BCUT2D eigenvalue weighted by Crippen LogP contribution is -2.48. The maximum Gasteiger partial charge on any atom is 0.302 e. The Kier molecular flexibility index (Phi) is 4.13. The first-order valence-corrected chi connectivity index (χ1v) is 8.56. The predicted octanol–water partition coefficient (Wildman–Crippen LogP) is 1.99. The molecule has 7 nitrogen and oxygen atoms in total. The van der Waals surface area contributed by atoms with Crippen LogP contribution in [0.25, 0.3) is 0 Å². The van der Waals surface area contributed by atoms with E-state index in [1.165, 1.54) is 12.0 Å². The van der Waals surface area contributed by atoms with Crippen LogP contribution in [0.1, 0.15) is 23.3 Å². The van der Waals surface area contributed by atoms with E-state index in [0.29, 0.717) is 13.1 Å². The Bertz CT molecular complexity index is 762. The number of benzene rings is 1. The number of nitrogens with zero attached hydrogens (tertiary/aromatic N) is 3. The van der Waals surface area contributed by atoms with Crippen molar-refractivity contribution >= 4 is 23.5 Å². The Morgan fingerprint density at radius 3 is 2.48 bits per heavy atom. The summed E-state index contributed by atoms with van der Waals surface area (Å²) < 4.78 is 5.21. The number of carbonyl (C=O) groups excluding carboxylic acids is 2. The summed E-state index contributed by atoms with van der Waals surface area (Å²) in [5, 5.41) is 2.61. The van der Waals surface area contributed by atoms with Crippen molar-refractivity contribution < 1.29 is 14.0 Å². The van der Waals surface area contributed by atoms with Crippen molar-refractivity contribution in [2.75, 3.05) is 36.4 Å². The molecule has 2 fully saturated rings. The zero-order valence-corrected chi connectivity index (χ0v) is 13.9. The summed E-state index contributed by atoms with van der Waals surface area (Å²) in [4.78, 5) is 32.4. The molecule has 0 bridgehead atoms. The van der Waals surface area contributed by atoms with Crippen LogP contribution in [0.3, 0.4) is 0 Å². The fourth-order valence-electron chi connectivity index (χ4n) is 2.95. The molecule has 1 aromatic carbocycles. The van der Waals surface area contributed by atoms with Gasteiger partial charge in [0, 0.05) is 37.8 Å². The molecule has 1 aliphatic heterocycles. The molecule has 0 atom stereocenters. The van der Waals surface area contributed by atoms with Crippen molar-refractivity contribution in [3.05, 3.63) is 42.3 Å². The second-order valence-electron chi connectivity index (χ2n) is 6.42. The van der Waals surface area contributed by atoms with Crippen molar-refractivity contribution in [2.45, 2.75) is 12.8 Å². The van der Waals surface area contributed by atoms with Gasteiger partial charge < -0.3 is 14.2 Å². The van der Waals surface area contributed by atoms with Gasteiger partial charge in [-0.2, -0.15) is 4.98 Å². The second-order valence-corrected chi connectivity index (χ2v) is 6.42. The number of aromatic nitrogens is 1. The predicted molar refractivity (Wildman–Crippen MR) is 92.4 cm³/mol. The summed E-state index contributed by atoms with van der Waals surface area (Å²) in [6.45, 7) is 2.81. The van der Waals surface area contributed by atoms with Crippen LogP contribution < -0.4 is 10.2 Å². The molecule has 1 N–H and O–H groups in total. The summed E-state index contributed by atoms with van der Waals surface area (Å²) in [5.74, 6) is -0.183. The van der Waals surface area contributed by atoms with Gasteiger partial charge in [-0.1, -0.05) is 18.2 Å². The van der Waals surface area contributed by atoms with Gasteiger partial charge in [-0.15, -0.1) is 0 Å². The number of anilines is 2. The number of amides is 2. The van der Waals surface area contributed by atoms with Crippen LogP contribution >= 0.6 is 0 Å². The molecule has 2 amide bonds. The molecule has 7 heteroatoms. The molecule has 0 unspecified atom stereocenters. The third-order valence-electron chi connectivity index (χ3n) is 4.59. The van der Waals surface area contributed by atoms with Gasteiger partial charge in [0.25, 0.3) is 5.91 Å². The van der Waals surface area contributed by atoms with E-state index in [4.69, 9.17) is 4.42 Å². The van der Waals surface area contributed by atoms with E-state index in [1.54, 1.807) is 4.90 Å². The molecule has 1 saturated heterocycles. The highest BCUT2D eigenvalue weighted by atomic mass is 16.4. The molecule has 130 valence electrons. The van der Waals surface area contributed by atoms with E-state index in [0.717, 1.165) is 25.9 Å². The lowest BCUT2D eigenvalue weighted by Gasteiger charge is -2.35. The van der Waals surface area contributed by atoms with E-state index in [9.17, 15) is 9.59 Å². The van der Waals surface area contributed by atoms with Crippen molar-refractivity contribution in [2.24, 2.45) is 5.92 Å². The monoisotopic (exact) mass is 340 g/mol. The summed E-state index contributed by atoms with van der Waals surface area (Å²) >= 11 is 0. The van der Waals surface area contributed by atoms with Crippen molar-refractivity contribution in [1.82, 2.24) is 9.88 Å². The zero-order chi connectivity index (χ0) is 17.2. The third-order valence-corrected chi connectivity index (χ3v) is 4.59. The minimum atomic E-state index is -0.164. The quantitative estimate of drug-likeness (QED) is 0.921. The lowest BCUT2D eigenvalue weighted by atomic mass is 10.2. The van der Waals surface area contributed by atoms with Crippen molar-refractivity contribution in [1.29, 1.82) is 0 Å². The van der Waals surface area contributed by atoms with Gasteiger partial charge >= 0.3 is 6.01 Å². The SMILES string of the molecule is O=C(Nc1nc(C(=O)N2CCN(c3ccccc3)CC2)co1)C1CC1. The molecular formula is C18H20N4O3.